The summed E-state index contributed by atoms with van der Waals surface area (Å²) in [6, 6.07) is 17.5. The van der Waals surface area contributed by atoms with E-state index in [0.29, 0.717) is 11.8 Å². The van der Waals surface area contributed by atoms with Gasteiger partial charge in [0.25, 0.3) is 0 Å². The maximum Gasteiger partial charge on any atom is 0.0534 e. The number of allylic oxidation sites excluding steroid dienone is 2. The lowest BCUT2D eigenvalue weighted by atomic mass is 9.94. The van der Waals surface area contributed by atoms with Crippen molar-refractivity contribution in [3.63, 3.8) is 0 Å². The molecule has 2 aromatic carbocycles. The first-order valence-electron chi connectivity index (χ1n) is 10.1. The van der Waals surface area contributed by atoms with Crippen LogP contribution < -0.4 is 0 Å². The molecular formula is C26H34O. The Balaban J connectivity index is 1.94. The average Bonchev–Trinajstić information content (AvgIpc) is 2.68. The summed E-state index contributed by atoms with van der Waals surface area (Å²) in [5.74, 6) is 0.875. The zero-order valence-corrected chi connectivity index (χ0v) is 17.4. The fraction of sp³-hybridized carbons (Fsp3) is 0.385. The SMILES string of the molecule is C=C(C)c1ccc(C(CC)COCC(CC)c2ccc(C(=C)C)cc2)cc1. The second-order valence-corrected chi connectivity index (χ2v) is 7.55. The Hall–Kier alpha value is -2.12. The maximum atomic E-state index is 6.17. The predicted molar refractivity (Wildman–Crippen MR) is 119 cm³/mol. The molecule has 0 radical (unpaired) electrons. The monoisotopic (exact) mass is 362 g/mol. The Morgan fingerprint density at radius 3 is 1.30 bits per heavy atom. The van der Waals surface area contributed by atoms with Crippen LogP contribution in [0.1, 0.15) is 74.6 Å². The van der Waals surface area contributed by atoms with E-state index in [9.17, 15) is 0 Å². The molecule has 0 N–H and O–H groups in total. The van der Waals surface area contributed by atoms with Gasteiger partial charge in [-0.2, -0.15) is 0 Å². The summed E-state index contributed by atoms with van der Waals surface area (Å²) in [5, 5.41) is 0. The lowest BCUT2D eigenvalue weighted by Crippen LogP contribution is -2.13. The molecule has 0 aliphatic carbocycles. The molecule has 0 saturated carbocycles. The van der Waals surface area contributed by atoms with Crippen molar-refractivity contribution in [2.45, 2.75) is 52.4 Å². The number of hydrogen-bond acceptors (Lipinski definition) is 1. The van der Waals surface area contributed by atoms with E-state index in [-0.39, 0.29) is 0 Å². The summed E-state index contributed by atoms with van der Waals surface area (Å²) in [5.41, 5.74) is 7.32. The second kappa shape index (κ2) is 10.3. The highest BCUT2D eigenvalue weighted by atomic mass is 16.5. The van der Waals surface area contributed by atoms with E-state index in [4.69, 9.17) is 4.74 Å². The van der Waals surface area contributed by atoms with Crippen molar-refractivity contribution in [2.24, 2.45) is 0 Å². The normalized spacial score (nSPS) is 13.2. The molecule has 0 fully saturated rings. The van der Waals surface area contributed by atoms with Crippen molar-refractivity contribution in [2.75, 3.05) is 13.2 Å². The van der Waals surface area contributed by atoms with E-state index >= 15 is 0 Å². The first-order valence-corrected chi connectivity index (χ1v) is 10.1. The van der Waals surface area contributed by atoms with E-state index in [1.54, 1.807) is 0 Å². The summed E-state index contributed by atoms with van der Waals surface area (Å²) in [4.78, 5) is 0. The van der Waals surface area contributed by atoms with E-state index in [0.717, 1.165) is 37.2 Å². The fourth-order valence-corrected chi connectivity index (χ4v) is 3.33. The molecule has 2 unspecified atom stereocenters. The Morgan fingerprint density at radius 2 is 1.04 bits per heavy atom. The fourth-order valence-electron chi connectivity index (χ4n) is 3.33. The Morgan fingerprint density at radius 1 is 0.704 bits per heavy atom. The zero-order valence-electron chi connectivity index (χ0n) is 17.4. The molecule has 2 aromatic rings. The lowest BCUT2D eigenvalue weighted by Gasteiger charge is -2.20. The van der Waals surface area contributed by atoms with Gasteiger partial charge in [-0.15, -0.1) is 0 Å². The predicted octanol–water partition coefficient (Wildman–Crippen LogP) is 7.46. The van der Waals surface area contributed by atoms with Crippen molar-refractivity contribution >= 4 is 11.1 Å². The summed E-state index contributed by atoms with van der Waals surface area (Å²) < 4.78 is 6.17. The summed E-state index contributed by atoms with van der Waals surface area (Å²) in [6.07, 6.45) is 2.16. The van der Waals surface area contributed by atoms with Gasteiger partial charge in [0.2, 0.25) is 0 Å². The molecule has 0 amide bonds. The summed E-state index contributed by atoms with van der Waals surface area (Å²) in [6.45, 7) is 18.1. The topological polar surface area (TPSA) is 9.23 Å². The molecule has 1 heteroatoms. The van der Waals surface area contributed by atoms with Crippen LogP contribution in [0.15, 0.2) is 61.7 Å². The molecule has 27 heavy (non-hydrogen) atoms. The third kappa shape index (κ3) is 5.94. The largest absolute Gasteiger partial charge is 0.380 e. The van der Waals surface area contributed by atoms with E-state index in [1.165, 1.54) is 22.3 Å². The highest BCUT2D eigenvalue weighted by Crippen LogP contribution is 2.25. The van der Waals surface area contributed by atoms with Crippen molar-refractivity contribution in [1.29, 1.82) is 0 Å². The van der Waals surface area contributed by atoms with Crippen LogP contribution in [0.2, 0.25) is 0 Å². The van der Waals surface area contributed by atoms with Gasteiger partial charge in [0.05, 0.1) is 13.2 Å². The zero-order chi connectivity index (χ0) is 19.8. The first kappa shape index (κ1) is 21.2. The summed E-state index contributed by atoms with van der Waals surface area (Å²) in [7, 11) is 0. The quantitative estimate of drug-likeness (QED) is 0.426. The van der Waals surface area contributed by atoms with Crippen LogP contribution in [0, 0.1) is 0 Å². The van der Waals surface area contributed by atoms with Gasteiger partial charge in [0.1, 0.15) is 0 Å². The van der Waals surface area contributed by atoms with Crippen molar-refractivity contribution in [3.8, 4) is 0 Å². The van der Waals surface area contributed by atoms with Crippen LogP contribution >= 0.6 is 0 Å². The van der Waals surface area contributed by atoms with Crippen LogP contribution in [-0.2, 0) is 4.74 Å². The number of hydrogen-bond donors (Lipinski definition) is 0. The summed E-state index contributed by atoms with van der Waals surface area (Å²) >= 11 is 0. The van der Waals surface area contributed by atoms with Crippen LogP contribution in [0.3, 0.4) is 0 Å². The maximum absolute atomic E-state index is 6.17. The third-order valence-electron chi connectivity index (χ3n) is 5.37. The van der Waals surface area contributed by atoms with Gasteiger partial charge < -0.3 is 4.74 Å². The highest BCUT2D eigenvalue weighted by molar-refractivity contribution is 5.62. The number of ether oxygens (including phenoxy) is 1. The molecule has 0 aromatic heterocycles. The minimum absolute atomic E-state index is 0.437. The molecule has 0 spiro atoms. The molecule has 0 aliphatic heterocycles. The molecule has 2 rings (SSSR count). The van der Waals surface area contributed by atoms with Crippen molar-refractivity contribution < 1.29 is 4.74 Å². The minimum Gasteiger partial charge on any atom is -0.380 e. The van der Waals surface area contributed by atoms with Gasteiger partial charge in [-0.1, -0.05) is 86.7 Å². The highest BCUT2D eigenvalue weighted by Gasteiger charge is 2.14. The van der Waals surface area contributed by atoms with E-state index in [1.807, 2.05) is 13.8 Å². The molecule has 0 aliphatic rings. The van der Waals surface area contributed by atoms with E-state index < -0.39 is 0 Å². The Kier molecular flexibility index (Phi) is 8.06. The lowest BCUT2D eigenvalue weighted by molar-refractivity contribution is 0.104. The Bertz CT molecular complexity index is 671. The molecular weight excluding hydrogens is 328 g/mol. The molecule has 2 atom stereocenters. The molecule has 0 bridgehead atoms. The van der Waals surface area contributed by atoms with E-state index in [2.05, 4.69) is 75.5 Å². The second-order valence-electron chi connectivity index (χ2n) is 7.55. The first-order chi connectivity index (χ1) is 13.0. The van der Waals surface area contributed by atoms with Crippen molar-refractivity contribution in [1.82, 2.24) is 0 Å². The van der Waals surface area contributed by atoms with Crippen LogP contribution in [0.5, 0.6) is 0 Å². The van der Waals surface area contributed by atoms with Gasteiger partial charge in [-0.25, -0.2) is 0 Å². The van der Waals surface area contributed by atoms with Crippen LogP contribution in [0.25, 0.3) is 11.1 Å². The number of rotatable bonds is 10. The van der Waals surface area contributed by atoms with Gasteiger partial charge in [-0.3, -0.25) is 0 Å². The van der Waals surface area contributed by atoms with Gasteiger partial charge >= 0.3 is 0 Å². The molecule has 1 nitrogen and oxygen atoms in total. The molecule has 144 valence electrons. The Labute approximate surface area is 165 Å². The van der Waals surface area contributed by atoms with Crippen LogP contribution in [0.4, 0.5) is 0 Å². The number of benzene rings is 2. The van der Waals surface area contributed by atoms with Crippen molar-refractivity contribution in [3.05, 3.63) is 83.9 Å². The van der Waals surface area contributed by atoms with Gasteiger partial charge in [0.15, 0.2) is 0 Å². The minimum atomic E-state index is 0.437. The smallest absolute Gasteiger partial charge is 0.0534 e. The third-order valence-corrected chi connectivity index (χ3v) is 5.37. The van der Waals surface area contributed by atoms with Gasteiger partial charge in [-0.05, 0) is 48.9 Å². The van der Waals surface area contributed by atoms with Crippen LogP contribution in [-0.4, -0.2) is 13.2 Å². The average molecular weight is 363 g/mol. The van der Waals surface area contributed by atoms with Gasteiger partial charge in [0, 0.05) is 11.8 Å². The molecule has 0 heterocycles. The standard InChI is InChI=1S/C26H34O/c1-7-21(25-13-9-23(10-14-25)19(3)4)17-27-18-22(8-2)26-15-11-24(12-16-26)20(5)6/h9-16,21-22H,3,5,7-8,17-18H2,1-2,4,6H3. The molecule has 0 saturated heterocycles.